The molecule has 32 heavy (non-hydrogen) atoms. The summed E-state index contributed by atoms with van der Waals surface area (Å²) in [7, 11) is 0. The Morgan fingerprint density at radius 1 is 1.16 bits per heavy atom. The first-order chi connectivity index (χ1) is 15.2. The molecule has 0 radical (unpaired) electrons. The van der Waals surface area contributed by atoms with Crippen LogP contribution in [-0.4, -0.2) is 41.1 Å². The van der Waals surface area contributed by atoms with Crippen molar-refractivity contribution < 1.29 is 23.8 Å². The van der Waals surface area contributed by atoms with Crippen LogP contribution in [0.1, 0.15) is 37.3 Å². The van der Waals surface area contributed by atoms with Crippen molar-refractivity contribution >= 4 is 35.4 Å². The van der Waals surface area contributed by atoms with Gasteiger partial charge >= 0.3 is 6.09 Å². The third kappa shape index (κ3) is 5.07. The molecule has 4 rings (SSSR count). The maximum Gasteiger partial charge on any atom is 0.412 e. The molecule has 1 saturated heterocycles. The highest BCUT2D eigenvalue weighted by molar-refractivity contribution is 7.99. The van der Waals surface area contributed by atoms with Crippen molar-refractivity contribution in [1.29, 1.82) is 0 Å². The third-order valence-corrected chi connectivity index (χ3v) is 6.54. The molecule has 7 nitrogen and oxygen atoms in total. The summed E-state index contributed by atoms with van der Waals surface area (Å²) in [6.45, 7) is 5.92. The van der Waals surface area contributed by atoms with E-state index in [1.165, 1.54) is 16.7 Å². The molecule has 2 amide bonds. The number of thioether (sulfide) groups is 1. The number of hydrogen-bond donors (Lipinski definition) is 1. The zero-order valence-corrected chi connectivity index (χ0v) is 19.7. The van der Waals surface area contributed by atoms with Crippen molar-refractivity contribution in [2.24, 2.45) is 0 Å². The second-order valence-electron chi connectivity index (χ2n) is 8.55. The molecule has 0 aliphatic carbocycles. The minimum Gasteiger partial charge on any atom is -0.454 e. The number of nitrogens with zero attached hydrogens (tertiary/aromatic N) is 1. The van der Waals surface area contributed by atoms with Crippen LogP contribution in [0.3, 0.4) is 0 Å². The highest BCUT2D eigenvalue weighted by atomic mass is 35.5. The third-order valence-electron chi connectivity index (χ3n) is 4.97. The van der Waals surface area contributed by atoms with E-state index >= 15 is 0 Å². The van der Waals surface area contributed by atoms with E-state index in [2.05, 4.69) is 5.32 Å². The number of ether oxygens (including phenoxy) is 3. The summed E-state index contributed by atoms with van der Waals surface area (Å²) < 4.78 is 16.3. The van der Waals surface area contributed by atoms with Gasteiger partial charge in [0.25, 0.3) is 0 Å². The summed E-state index contributed by atoms with van der Waals surface area (Å²) in [4.78, 5) is 27.7. The largest absolute Gasteiger partial charge is 0.454 e. The average Bonchev–Trinajstić information content (AvgIpc) is 3.38. The first-order valence-electron chi connectivity index (χ1n) is 10.3. The fraction of sp³-hybridized carbons (Fsp3) is 0.391. The van der Waals surface area contributed by atoms with E-state index < -0.39 is 17.7 Å². The van der Waals surface area contributed by atoms with Gasteiger partial charge in [-0.2, -0.15) is 0 Å². The second-order valence-corrected chi connectivity index (χ2v) is 10.1. The quantitative estimate of drug-likeness (QED) is 0.687. The molecule has 1 fully saturated rings. The van der Waals surface area contributed by atoms with Gasteiger partial charge in [0.05, 0.1) is 0 Å². The fourth-order valence-corrected chi connectivity index (χ4v) is 5.03. The van der Waals surface area contributed by atoms with Gasteiger partial charge in [-0.1, -0.05) is 29.8 Å². The minimum atomic E-state index is -0.678. The summed E-state index contributed by atoms with van der Waals surface area (Å²) in [5, 5.41) is 3.21. The molecule has 9 heteroatoms. The lowest BCUT2D eigenvalue weighted by Gasteiger charge is -2.31. The molecule has 2 aromatic rings. The van der Waals surface area contributed by atoms with E-state index in [-0.39, 0.29) is 18.1 Å². The molecule has 0 aromatic heterocycles. The summed E-state index contributed by atoms with van der Waals surface area (Å²) in [5.74, 6) is 1.57. The monoisotopic (exact) mass is 476 g/mol. The van der Waals surface area contributed by atoms with E-state index in [4.69, 9.17) is 25.8 Å². The van der Waals surface area contributed by atoms with Crippen LogP contribution in [0.5, 0.6) is 11.5 Å². The highest BCUT2D eigenvalue weighted by Gasteiger charge is 2.44. The lowest BCUT2D eigenvalue weighted by atomic mass is 10.1. The van der Waals surface area contributed by atoms with Crippen molar-refractivity contribution in [2.45, 2.75) is 44.3 Å². The SMILES string of the molecule is CC(C)(C)OC(=O)N1[C@@H](C(=O)NCc2ccc3c(c2)OCO3)CS[C@@H]1c1ccc(Cl)cc1. The van der Waals surface area contributed by atoms with Crippen LogP contribution in [-0.2, 0) is 16.1 Å². The highest BCUT2D eigenvalue weighted by Crippen LogP contribution is 2.42. The van der Waals surface area contributed by atoms with Crippen molar-refractivity contribution in [3.8, 4) is 11.5 Å². The van der Waals surface area contributed by atoms with Gasteiger partial charge in [0.15, 0.2) is 11.5 Å². The van der Waals surface area contributed by atoms with Crippen molar-refractivity contribution in [3.05, 3.63) is 58.6 Å². The zero-order valence-electron chi connectivity index (χ0n) is 18.1. The molecular formula is C23H25ClN2O5S. The van der Waals surface area contributed by atoms with Crippen LogP contribution in [0.15, 0.2) is 42.5 Å². The molecule has 2 aliphatic heterocycles. The lowest BCUT2D eigenvalue weighted by molar-refractivity contribution is -0.125. The lowest BCUT2D eigenvalue weighted by Crippen LogP contribution is -2.49. The van der Waals surface area contributed by atoms with Crippen LogP contribution in [0.2, 0.25) is 5.02 Å². The Labute approximate surface area is 196 Å². The van der Waals surface area contributed by atoms with Gasteiger partial charge in [0.1, 0.15) is 17.0 Å². The van der Waals surface area contributed by atoms with E-state index in [9.17, 15) is 9.59 Å². The number of carbonyl (C=O) groups excluding carboxylic acids is 2. The van der Waals surface area contributed by atoms with E-state index in [1.54, 1.807) is 32.9 Å². The van der Waals surface area contributed by atoms with Crippen molar-refractivity contribution in [3.63, 3.8) is 0 Å². The molecular weight excluding hydrogens is 452 g/mol. The van der Waals surface area contributed by atoms with Gasteiger partial charge in [0.2, 0.25) is 12.7 Å². The summed E-state index contributed by atoms with van der Waals surface area (Å²) in [6, 6.07) is 12.2. The molecule has 2 heterocycles. The van der Waals surface area contributed by atoms with Crippen LogP contribution in [0.4, 0.5) is 4.79 Å². The van der Waals surface area contributed by atoms with Crippen molar-refractivity contribution in [2.75, 3.05) is 12.5 Å². The second kappa shape index (κ2) is 9.11. The normalized spacial score (nSPS) is 19.7. The Morgan fingerprint density at radius 3 is 2.59 bits per heavy atom. The Balaban J connectivity index is 1.50. The first kappa shape index (κ1) is 22.6. The number of halogens is 1. The number of benzene rings is 2. The molecule has 170 valence electrons. The number of amides is 2. The Kier molecular flexibility index (Phi) is 6.44. The number of nitrogens with one attached hydrogen (secondary N) is 1. The first-order valence-corrected chi connectivity index (χ1v) is 11.7. The standard InChI is InChI=1S/C23H25ClN2O5S/c1-23(2,3)31-22(28)26-17(12-32-21(26)15-5-7-16(24)8-6-15)20(27)25-11-14-4-9-18-19(10-14)30-13-29-18/h4-10,17,21H,11-13H2,1-3H3,(H,25,27)/t17-,21-/m1/s1. The van der Waals surface area contributed by atoms with Crippen LogP contribution >= 0.6 is 23.4 Å². The van der Waals surface area contributed by atoms with Gasteiger partial charge in [-0.05, 0) is 56.2 Å². The number of carbonyl (C=O) groups is 2. The molecule has 2 aromatic carbocycles. The molecule has 1 N–H and O–H groups in total. The van der Waals surface area contributed by atoms with Crippen molar-refractivity contribution in [1.82, 2.24) is 10.2 Å². The summed E-state index contributed by atoms with van der Waals surface area (Å²) in [6.07, 6.45) is -0.523. The number of rotatable bonds is 4. The maximum absolute atomic E-state index is 13.1. The average molecular weight is 477 g/mol. The zero-order chi connectivity index (χ0) is 22.9. The molecule has 2 atom stereocenters. The topological polar surface area (TPSA) is 77.1 Å². The Bertz CT molecular complexity index is 1010. The molecule has 2 aliphatic rings. The van der Waals surface area contributed by atoms with Crippen LogP contribution in [0, 0.1) is 0 Å². The molecule has 0 saturated carbocycles. The predicted octanol–water partition coefficient (Wildman–Crippen LogP) is 4.74. The van der Waals surface area contributed by atoms with Gasteiger partial charge in [-0.25, -0.2) is 4.79 Å². The van der Waals surface area contributed by atoms with Crippen LogP contribution in [0.25, 0.3) is 0 Å². The smallest absolute Gasteiger partial charge is 0.412 e. The van der Waals surface area contributed by atoms with Gasteiger partial charge in [-0.15, -0.1) is 11.8 Å². The van der Waals surface area contributed by atoms with E-state index in [0.29, 0.717) is 28.8 Å². The molecule has 0 bridgehead atoms. The summed E-state index contributed by atoms with van der Waals surface area (Å²) in [5.41, 5.74) is 1.09. The molecule has 0 spiro atoms. The summed E-state index contributed by atoms with van der Waals surface area (Å²) >= 11 is 7.55. The van der Waals surface area contributed by atoms with Gasteiger partial charge in [-0.3, -0.25) is 9.69 Å². The van der Waals surface area contributed by atoms with Crippen LogP contribution < -0.4 is 14.8 Å². The maximum atomic E-state index is 13.1. The number of fused-ring (bicyclic) bond motifs is 1. The van der Waals surface area contributed by atoms with E-state index in [0.717, 1.165) is 11.1 Å². The van der Waals surface area contributed by atoms with Gasteiger partial charge in [0, 0.05) is 17.3 Å². The predicted molar refractivity (Wildman–Crippen MR) is 123 cm³/mol. The Morgan fingerprint density at radius 2 is 1.88 bits per heavy atom. The Hall–Kier alpha value is -2.58. The molecule has 0 unspecified atom stereocenters. The van der Waals surface area contributed by atoms with Gasteiger partial charge < -0.3 is 19.5 Å². The van der Waals surface area contributed by atoms with E-state index in [1.807, 2.05) is 30.3 Å². The fourth-order valence-electron chi connectivity index (χ4n) is 3.49. The minimum absolute atomic E-state index is 0.196. The number of hydrogen-bond acceptors (Lipinski definition) is 6.